The maximum absolute atomic E-state index is 12.2. The van der Waals surface area contributed by atoms with Gasteiger partial charge in [0.05, 0.1) is 19.6 Å². The van der Waals surface area contributed by atoms with E-state index < -0.39 is 42.0 Å². The molecule has 0 amide bonds. The molecule has 0 saturated carbocycles. The Balaban J connectivity index is -0.000000908. The molecule has 0 aliphatic carbocycles. The van der Waals surface area contributed by atoms with Crippen LogP contribution in [0.5, 0.6) is 0 Å². The van der Waals surface area contributed by atoms with E-state index in [2.05, 4.69) is 18.4 Å². The van der Waals surface area contributed by atoms with Gasteiger partial charge in [-0.25, -0.2) is 4.52 Å². The molecule has 4 atom stereocenters. The number of rotatable bonds is 19. The van der Waals surface area contributed by atoms with Gasteiger partial charge in [0.2, 0.25) is 0 Å². The largest absolute Gasteiger partial charge is 1.00 e. The van der Waals surface area contributed by atoms with Gasteiger partial charge < -0.3 is 10.9 Å². The molecule has 1 aromatic rings. The van der Waals surface area contributed by atoms with Crippen molar-refractivity contribution in [1.29, 1.82) is 0 Å². The average Bonchev–Trinajstić information content (AvgIpc) is 2.92. The van der Waals surface area contributed by atoms with Crippen molar-refractivity contribution < 1.29 is 77.0 Å². The van der Waals surface area contributed by atoms with Crippen molar-refractivity contribution >= 4 is 36.4 Å². The number of carbonyl (C=O) groups is 2. The third-order valence-electron chi connectivity index (χ3n) is 6.21. The van der Waals surface area contributed by atoms with Crippen LogP contribution in [0.1, 0.15) is 92.5 Å². The third-order valence-corrected chi connectivity index (χ3v) is 7.59. The van der Waals surface area contributed by atoms with Gasteiger partial charge in [0.15, 0.2) is 11.5 Å². The quantitative estimate of drug-likeness (QED) is 0.0763. The molecule has 0 aliphatic heterocycles. The minimum atomic E-state index is -4.76. The summed E-state index contributed by atoms with van der Waals surface area (Å²) in [6.07, 6.45) is 9.56. The second-order valence-corrected chi connectivity index (χ2v) is 11.7. The fourth-order valence-electron chi connectivity index (χ4n) is 3.55. The van der Waals surface area contributed by atoms with E-state index in [4.69, 9.17) is 14.4 Å². The SMILES string of the molecule is CCCCC(CC)COC(=O)CC(C(=O)OCC(CC)CCCC)S(=O)(=O)O.O=[P+](O)O/C=C/c1ccccc1.[H-].[Na+]. The molecule has 1 aromatic carbocycles. The minimum Gasteiger partial charge on any atom is -1.00 e. The van der Waals surface area contributed by atoms with Gasteiger partial charge in [-0.3, -0.25) is 14.1 Å². The number of hydrogen-bond acceptors (Lipinski definition) is 8. The van der Waals surface area contributed by atoms with E-state index in [0.717, 1.165) is 56.9 Å². The van der Waals surface area contributed by atoms with Crippen LogP contribution in [0.4, 0.5) is 0 Å². The number of ether oxygens (including phenoxy) is 2. The summed E-state index contributed by atoms with van der Waals surface area (Å²) in [5, 5.41) is -1.95. The number of hydrogen-bond donors (Lipinski definition) is 2. The van der Waals surface area contributed by atoms with Crippen LogP contribution >= 0.6 is 8.25 Å². The van der Waals surface area contributed by atoms with Crippen molar-refractivity contribution in [2.75, 3.05) is 13.2 Å². The molecular formula is C28H47NaO10PS+. The second kappa shape index (κ2) is 25.2. The van der Waals surface area contributed by atoms with E-state index in [1.807, 2.05) is 44.2 Å². The zero-order chi connectivity index (χ0) is 30.4. The van der Waals surface area contributed by atoms with Gasteiger partial charge in [0, 0.05) is 4.57 Å². The summed E-state index contributed by atoms with van der Waals surface area (Å²) in [5.41, 5.74) is 0.925. The normalized spacial score (nSPS) is 13.6. The van der Waals surface area contributed by atoms with Gasteiger partial charge in [0.1, 0.15) is 0 Å². The summed E-state index contributed by atoms with van der Waals surface area (Å²) in [4.78, 5) is 32.5. The van der Waals surface area contributed by atoms with E-state index >= 15 is 0 Å². The Hall–Kier alpha value is -1.33. The zero-order valence-corrected chi connectivity index (χ0v) is 28.8. The molecule has 0 aliphatic rings. The molecule has 0 heterocycles. The van der Waals surface area contributed by atoms with E-state index in [0.29, 0.717) is 0 Å². The van der Waals surface area contributed by atoms with Gasteiger partial charge in [-0.1, -0.05) is 96.6 Å². The van der Waals surface area contributed by atoms with Gasteiger partial charge in [-0.2, -0.15) is 8.42 Å². The Morgan fingerprint density at radius 2 is 1.46 bits per heavy atom. The summed E-state index contributed by atoms with van der Waals surface area (Å²) in [5.74, 6) is -1.61. The maximum atomic E-state index is 12.2. The molecule has 0 spiro atoms. The molecule has 1 rings (SSSR count). The van der Waals surface area contributed by atoms with Gasteiger partial charge in [-0.05, 0) is 36.3 Å². The van der Waals surface area contributed by atoms with Crippen LogP contribution in [0.2, 0.25) is 0 Å². The van der Waals surface area contributed by atoms with Crippen LogP contribution in [0.15, 0.2) is 36.6 Å². The van der Waals surface area contributed by atoms with Gasteiger partial charge in [0.25, 0.3) is 10.1 Å². The molecule has 10 nitrogen and oxygen atoms in total. The molecule has 2 N–H and O–H groups in total. The van der Waals surface area contributed by atoms with Crippen LogP contribution in [0.25, 0.3) is 6.08 Å². The van der Waals surface area contributed by atoms with E-state index in [9.17, 15) is 27.1 Å². The fourth-order valence-corrected chi connectivity index (χ4v) is 4.37. The molecule has 41 heavy (non-hydrogen) atoms. The third kappa shape index (κ3) is 22.0. The second-order valence-electron chi connectivity index (χ2n) is 9.41. The summed E-state index contributed by atoms with van der Waals surface area (Å²) in [7, 11) is -7.30. The number of unbranched alkanes of at least 4 members (excludes halogenated alkanes) is 2. The summed E-state index contributed by atoms with van der Waals surface area (Å²) in [6, 6.07) is 9.37. The van der Waals surface area contributed by atoms with Crippen LogP contribution < -0.4 is 29.6 Å². The van der Waals surface area contributed by atoms with Crippen LogP contribution in [-0.2, 0) is 38.3 Å². The molecule has 4 unspecified atom stereocenters. The fraction of sp³-hybridized carbons (Fsp3) is 0.643. The number of esters is 2. The van der Waals surface area contributed by atoms with Crippen LogP contribution in [0.3, 0.4) is 0 Å². The smallest absolute Gasteiger partial charge is 1.00 e. The predicted molar refractivity (Wildman–Crippen MR) is 156 cm³/mol. The first-order valence-electron chi connectivity index (χ1n) is 13.8. The van der Waals surface area contributed by atoms with E-state index in [1.165, 1.54) is 6.26 Å². The van der Waals surface area contributed by atoms with Crippen molar-refractivity contribution in [3.05, 3.63) is 42.2 Å². The summed E-state index contributed by atoms with van der Waals surface area (Å²) in [6.45, 7) is 8.35. The number of benzene rings is 1. The van der Waals surface area contributed by atoms with Gasteiger partial charge >= 0.3 is 49.8 Å². The Kier molecular flexibility index (Phi) is 25.7. The molecule has 0 saturated heterocycles. The zero-order valence-electron chi connectivity index (χ0n) is 26.1. The average molecular weight is 630 g/mol. The first-order chi connectivity index (χ1) is 19.0. The van der Waals surface area contributed by atoms with E-state index in [1.54, 1.807) is 6.08 Å². The minimum absolute atomic E-state index is 0. The molecule has 13 heteroatoms. The number of carbonyl (C=O) groups excluding carboxylic acids is 2. The summed E-state index contributed by atoms with van der Waals surface area (Å²) >= 11 is 0. The van der Waals surface area contributed by atoms with Crippen molar-refractivity contribution in [3.63, 3.8) is 0 Å². The monoisotopic (exact) mass is 629 g/mol. The van der Waals surface area contributed by atoms with Crippen molar-refractivity contribution in [2.45, 2.75) is 90.7 Å². The molecule has 0 radical (unpaired) electrons. The molecule has 0 fully saturated rings. The van der Waals surface area contributed by atoms with Gasteiger partial charge in [-0.15, -0.1) is 4.89 Å². The first-order valence-corrected chi connectivity index (χ1v) is 16.4. The standard InChI is InChI=1S/C20H38O7S.C8H7O3P.Na.H/c1-5-9-11-16(7-3)14-26-19(21)13-18(28(23,24)25)20(22)27-15-17(8-4)12-10-6-2;9-12(10)11-7-6-8-4-2-1-3-5-8;;/h16-18H,5-15H2,1-4H3,(H,23,24,25);1-7H;;/q;;+1;-1/p+1/b;7-6+;;. The maximum Gasteiger partial charge on any atom is 1.00 e. The topological polar surface area (TPSA) is 154 Å². The Morgan fingerprint density at radius 1 is 0.951 bits per heavy atom. The molecular weight excluding hydrogens is 582 g/mol. The van der Waals surface area contributed by atoms with Crippen molar-refractivity contribution in [1.82, 2.24) is 0 Å². The predicted octanol–water partition coefficient (Wildman–Crippen LogP) is 3.59. The Bertz CT molecular complexity index is 996. The first kappa shape index (κ1) is 41.8. The van der Waals surface area contributed by atoms with Crippen molar-refractivity contribution in [3.8, 4) is 0 Å². The van der Waals surface area contributed by atoms with Crippen molar-refractivity contribution in [2.24, 2.45) is 11.8 Å². The summed E-state index contributed by atoms with van der Waals surface area (Å²) < 4.78 is 57.2. The van der Waals surface area contributed by atoms with Crippen LogP contribution in [-0.4, -0.2) is 48.3 Å². The molecule has 0 aromatic heterocycles. The van der Waals surface area contributed by atoms with Crippen LogP contribution in [0, 0.1) is 11.8 Å². The Morgan fingerprint density at radius 3 is 1.90 bits per heavy atom. The van der Waals surface area contributed by atoms with E-state index in [-0.39, 0.29) is 56.0 Å². The Labute approximate surface area is 270 Å². The molecule has 230 valence electrons. The molecule has 0 bridgehead atoms.